The maximum absolute atomic E-state index is 13.6. The molecule has 0 bridgehead atoms. The molecule has 0 aliphatic carbocycles. The molecule has 0 saturated carbocycles. The van der Waals surface area contributed by atoms with Gasteiger partial charge in [0, 0.05) is 5.69 Å². The van der Waals surface area contributed by atoms with E-state index in [9.17, 15) is 13.6 Å². The van der Waals surface area contributed by atoms with Gasteiger partial charge in [-0.05, 0) is 61.4 Å². The molecule has 1 heterocycles. The molecule has 0 atom stereocenters. The zero-order valence-corrected chi connectivity index (χ0v) is 14.2. The molecule has 0 radical (unpaired) electrons. The molecular formula is C19H16F2N4O. The SMILES string of the molecule is Cc1ccc(NC(=O)c2ccc(Nc3c(F)cccc3F)nn2)cc1C. The van der Waals surface area contributed by atoms with Gasteiger partial charge >= 0.3 is 0 Å². The summed E-state index contributed by atoms with van der Waals surface area (Å²) < 4.78 is 27.3. The van der Waals surface area contributed by atoms with E-state index in [0.29, 0.717) is 5.69 Å². The van der Waals surface area contributed by atoms with Crippen LogP contribution in [0.3, 0.4) is 0 Å². The van der Waals surface area contributed by atoms with Crippen molar-refractivity contribution in [2.24, 2.45) is 0 Å². The molecule has 3 rings (SSSR count). The number of para-hydroxylation sites is 1. The van der Waals surface area contributed by atoms with Crippen molar-refractivity contribution in [2.45, 2.75) is 13.8 Å². The molecule has 1 aromatic heterocycles. The number of hydrogen-bond acceptors (Lipinski definition) is 4. The van der Waals surface area contributed by atoms with Crippen molar-refractivity contribution in [1.29, 1.82) is 0 Å². The number of halogens is 2. The Morgan fingerprint density at radius 2 is 1.65 bits per heavy atom. The minimum atomic E-state index is -0.747. The summed E-state index contributed by atoms with van der Waals surface area (Å²) in [6.07, 6.45) is 0. The third-order valence-corrected chi connectivity index (χ3v) is 3.88. The average Bonchev–Trinajstić information content (AvgIpc) is 2.62. The predicted molar refractivity (Wildman–Crippen MR) is 95.5 cm³/mol. The Morgan fingerprint density at radius 3 is 2.27 bits per heavy atom. The zero-order chi connectivity index (χ0) is 18.7. The lowest BCUT2D eigenvalue weighted by Gasteiger charge is -2.09. The first-order valence-corrected chi connectivity index (χ1v) is 7.87. The Balaban J connectivity index is 1.72. The van der Waals surface area contributed by atoms with Crippen LogP contribution in [0.25, 0.3) is 0 Å². The van der Waals surface area contributed by atoms with Gasteiger partial charge in [-0.2, -0.15) is 0 Å². The summed E-state index contributed by atoms with van der Waals surface area (Å²) in [5, 5.41) is 12.8. The Bertz CT molecular complexity index is 938. The van der Waals surface area contributed by atoms with Crippen LogP contribution in [0.4, 0.5) is 26.0 Å². The van der Waals surface area contributed by atoms with E-state index in [1.54, 1.807) is 6.07 Å². The van der Waals surface area contributed by atoms with Crippen LogP contribution in [0.15, 0.2) is 48.5 Å². The first-order chi connectivity index (χ1) is 12.4. The average molecular weight is 354 g/mol. The topological polar surface area (TPSA) is 66.9 Å². The number of carbonyl (C=O) groups is 1. The van der Waals surface area contributed by atoms with Crippen LogP contribution < -0.4 is 10.6 Å². The smallest absolute Gasteiger partial charge is 0.276 e. The number of aromatic nitrogens is 2. The molecule has 3 aromatic rings. The molecule has 26 heavy (non-hydrogen) atoms. The van der Waals surface area contributed by atoms with Crippen molar-refractivity contribution in [2.75, 3.05) is 10.6 Å². The Labute approximate surface area is 149 Å². The van der Waals surface area contributed by atoms with E-state index in [0.717, 1.165) is 23.3 Å². The molecule has 0 aliphatic heterocycles. The van der Waals surface area contributed by atoms with Crippen molar-refractivity contribution in [1.82, 2.24) is 10.2 Å². The summed E-state index contributed by atoms with van der Waals surface area (Å²) in [5.74, 6) is -1.80. The monoisotopic (exact) mass is 354 g/mol. The highest BCUT2D eigenvalue weighted by molar-refractivity contribution is 6.02. The molecule has 0 unspecified atom stereocenters. The predicted octanol–water partition coefficient (Wildman–Crippen LogP) is 4.37. The highest BCUT2D eigenvalue weighted by Gasteiger charge is 2.12. The molecule has 0 spiro atoms. The molecule has 7 heteroatoms. The quantitative estimate of drug-likeness (QED) is 0.730. The van der Waals surface area contributed by atoms with E-state index in [1.165, 1.54) is 18.2 Å². The van der Waals surface area contributed by atoms with Gasteiger partial charge < -0.3 is 10.6 Å². The number of rotatable bonds is 4. The van der Waals surface area contributed by atoms with E-state index in [4.69, 9.17) is 0 Å². The van der Waals surface area contributed by atoms with Crippen LogP contribution in [0.5, 0.6) is 0 Å². The van der Waals surface area contributed by atoms with Crippen LogP contribution in [0.1, 0.15) is 21.6 Å². The van der Waals surface area contributed by atoms with Crippen LogP contribution in [-0.2, 0) is 0 Å². The fourth-order valence-corrected chi connectivity index (χ4v) is 2.28. The van der Waals surface area contributed by atoms with Crippen molar-refractivity contribution in [3.05, 3.63) is 77.0 Å². The molecule has 1 amide bonds. The summed E-state index contributed by atoms with van der Waals surface area (Å²) >= 11 is 0. The minimum Gasteiger partial charge on any atom is -0.334 e. The van der Waals surface area contributed by atoms with Gasteiger partial charge in [0.15, 0.2) is 11.5 Å². The van der Waals surface area contributed by atoms with Crippen LogP contribution in [-0.4, -0.2) is 16.1 Å². The number of nitrogens with zero attached hydrogens (tertiary/aromatic N) is 2. The number of benzene rings is 2. The molecule has 0 saturated heterocycles. The number of amides is 1. The van der Waals surface area contributed by atoms with Gasteiger partial charge in [-0.15, -0.1) is 10.2 Å². The van der Waals surface area contributed by atoms with E-state index in [-0.39, 0.29) is 17.2 Å². The summed E-state index contributed by atoms with van der Waals surface area (Å²) in [4.78, 5) is 12.2. The van der Waals surface area contributed by atoms with Gasteiger partial charge in [-0.1, -0.05) is 12.1 Å². The van der Waals surface area contributed by atoms with Crippen molar-refractivity contribution < 1.29 is 13.6 Å². The first kappa shape index (κ1) is 17.5. The third kappa shape index (κ3) is 3.83. The lowest BCUT2D eigenvalue weighted by molar-refractivity contribution is 0.102. The normalized spacial score (nSPS) is 10.5. The lowest BCUT2D eigenvalue weighted by Crippen LogP contribution is -2.14. The maximum atomic E-state index is 13.6. The second kappa shape index (κ2) is 7.26. The van der Waals surface area contributed by atoms with Gasteiger partial charge in [-0.3, -0.25) is 4.79 Å². The third-order valence-electron chi connectivity index (χ3n) is 3.88. The number of nitrogens with one attached hydrogen (secondary N) is 2. The molecular weight excluding hydrogens is 338 g/mol. The van der Waals surface area contributed by atoms with Crippen molar-refractivity contribution >= 4 is 23.1 Å². The highest BCUT2D eigenvalue weighted by atomic mass is 19.1. The van der Waals surface area contributed by atoms with Gasteiger partial charge in [0.1, 0.15) is 17.3 Å². The first-order valence-electron chi connectivity index (χ1n) is 7.87. The summed E-state index contributed by atoms with van der Waals surface area (Å²) in [5.41, 5.74) is 2.59. The molecule has 5 nitrogen and oxygen atoms in total. The second-order valence-electron chi connectivity index (χ2n) is 5.78. The van der Waals surface area contributed by atoms with E-state index in [1.807, 2.05) is 26.0 Å². The molecule has 0 fully saturated rings. The molecule has 2 N–H and O–H groups in total. The van der Waals surface area contributed by atoms with Gasteiger partial charge in [0.25, 0.3) is 5.91 Å². The maximum Gasteiger partial charge on any atom is 0.276 e. The molecule has 2 aromatic carbocycles. The largest absolute Gasteiger partial charge is 0.334 e. The van der Waals surface area contributed by atoms with Gasteiger partial charge in [0.05, 0.1) is 0 Å². The summed E-state index contributed by atoms with van der Waals surface area (Å²) in [6.45, 7) is 3.93. The lowest BCUT2D eigenvalue weighted by atomic mass is 10.1. The minimum absolute atomic E-state index is 0.0859. The van der Waals surface area contributed by atoms with E-state index < -0.39 is 17.5 Å². The summed E-state index contributed by atoms with van der Waals surface area (Å²) in [6, 6.07) is 11.9. The summed E-state index contributed by atoms with van der Waals surface area (Å²) in [7, 11) is 0. The second-order valence-corrected chi connectivity index (χ2v) is 5.78. The number of hydrogen-bond donors (Lipinski definition) is 2. The Hall–Kier alpha value is -3.35. The highest BCUT2D eigenvalue weighted by Crippen LogP contribution is 2.21. The van der Waals surface area contributed by atoms with E-state index in [2.05, 4.69) is 20.8 Å². The van der Waals surface area contributed by atoms with Crippen molar-refractivity contribution in [3.8, 4) is 0 Å². The standard InChI is InChI=1S/C19H16F2N4O/c1-11-6-7-13(10-12(11)2)22-19(26)16-8-9-17(25-24-16)23-18-14(20)4-3-5-15(18)21/h3-10H,1-2H3,(H,22,26)(H,23,25). The number of carbonyl (C=O) groups excluding carboxylic acids is 1. The fourth-order valence-electron chi connectivity index (χ4n) is 2.28. The van der Waals surface area contributed by atoms with Crippen LogP contribution in [0.2, 0.25) is 0 Å². The van der Waals surface area contributed by atoms with Gasteiger partial charge in [-0.25, -0.2) is 8.78 Å². The zero-order valence-electron chi connectivity index (χ0n) is 14.2. The molecule has 132 valence electrons. The van der Waals surface area contributed by atoms with Gasteiger partial charge in [0.2, 0.25) is 0 Å². The van der Waals surface area contributed by atoms with Crippen LogP contribution in [0, 0.1) is 25.5 Å². The number of anilines is 3. The molecule has 0 aliphatic rings. The van der Waals surface area contributed by atoms with Crippen molar-refractivity contribution in [3.63, 3.8) is 0 Å². The fraction of sp³-hybridized carbons (Fsp3) is 0.105. The Kier molecular flexibility index (Phi) is 4.88. The van der Waals surface area contributed by atoms with E-state index >= 15 is 0 Å². The number of aryl methyl sites for hydroxylation is 2. The Morgan fingerprint density at radius 1 is 0.923 bits per heavy atom. The van der Waals surface area contributed by atoms with Crippen LogP contribution >= 0.6 is 0 Å².